The van der Waals surface area contributed by atoms with Gasteiger partial charge in [0, 0.05) is 6.04 Å². The molecule has 82 valence electrons. The van der Waals surface area contributed by atoms with Gasteiger partial charge in [-0.25, -0.2) is 0 Å². The van der Waals surface area contributed by atoms with Crippen molar-refractivity contribution in [2.24, 2.45) is 0 Å². The van der Waals surface area contributed by atoms with Gasteiger partial charge >= 0.3 is 6.18 Å². The minimum atomic E-state index is -4.39. The highest BCUT2D eigenvalue weighted by molar-refractivity contribution is 5.78. The highest BCUT2D eigenvalue weighted by Crippen LogP contribution is 2.26. The van der Waals surface area contributed by atoms with Crippen LogP contribution in [0.2, 0.25) is 0 Å². The van der Waals surface area contributed by atoms with E-state index < -0.39 is 25.4 Å². The number of carbonyl (C=O) groups is 1. The van der Waals surface area contributed by atoms with E-state index in [0.717, 1.165) is 0 Å². The quantitative estimate of drug-likeness (QED) is 0.652. The summed E-state index contributed by atoms with van der Waals surface area (Å²) in [5.74, 6) is -0.388. The monoisotopic (exact) mass is 211 g/mol. The van der Waals surface area contributed by atoms with Gasteiger partial charge in [0.05, 0.1) is 6.54 Å². The molecule has 3 nitrogen and oxygen atoms in total. The van der Waals surface area contributed by atoms with E-state index in [-0.39, 0.29) is 11.9 Å². The van der Waals surface area contributed by atoms with Crippen molar-refractivity contribution in [2.45, 2.75) is 32.2 Å². The Kier molecular flexibility index (Phi) is 3.04. The number of rotatable bonds is 1. The van der Waals surface area contributed by atoms with E-state index in [1.165, 1.54) is 4.90 Å². The average Bonchev–Trinajstić information content (AvgIpc) is 2.02. The van der Waals surface area contributed by atoms with Crippen LogP contribution in [0.15, 0.2) is 0 Å². The molecule has 1 unspecified atom stereocenters. The number of amides is 1. The summed E-state index contributed by atoms with van der Waals surface area (Å²) in [6.45, 7) is 2.47. The molecule has 0 saturated carbocycles. The molecule has 1 heterocycles. The molecule has 14 heavy (non-hydrogen) atoms. The Bertz CT molecular complexity index is 227. The molecule has 1 amide bonds. The molecule has 1 atom stereocenters. The number of halogens is 3. The van der Waals surface area contributed by atoms with E-state index in [1.807, 2.05) is 0 Å². The second-order valence-electron chi connectivity index (χ2n) is 3.48. The summed E-state index contributed by atoms with van der Waals surface area (Å²) < 4.78 is 41.1. The molecule has 0 bridgehead atoms. The second kappa shape index (κ2) is 3.76. The van der Waals surface area contributed by atoms with E-state index in [4.69, 9.17) is 0 Å². The third-order valence-electron chi connectivity index (χ3n) is 2.08. The summed E-state index contributed by atoms with van der Waals surface area (Å²) in [6, 6.07) is -0.226. The van der Waals surface area contributed by atoms with Crippen LogP contribution < -0.4 is 0 Å². The molecule has 0 aromatic carbocycles. The summed E-state index contributed by atoms with van der Waals surface area (Å²) in [4.78, 5) is 12.3. The maximum atomic E-state index is 12.2. The standard InChI is InChI=1S/C8H12F3NO2/c1-5(2)12-3-6(8(9,10)11)14-4-7(12)13/h5-6H,3-4H2,1-2H3. The third kappa shape index (κ3) is 2.37. The normalized spacial score (nSPS) is 24.6. The van der Waals surface area contributed by atoms with Crippen LogP contribution in [0, 0.1) is 0 Å². The Hall–Kier alpha value is -0.780. The van der Waals surface area contributed by atoms with Crippen LogP contribution in [-0.2, 0) is 9.53 Å². The van der Waals surface area contributed by atoms with Gasteiger partial charge in [0.2, 0.25) is 5.91 Å². The number of hydrogen-bond acceptors (Lipinski definition) is 2. The van der Waals surface area contributed by atoms with Gasteiger partial charge in [0.15, 0.2) is 6.10 Å². The minimum Gasteiger partial charge on any atom is -0.357 e. The van der Waals surface area contributed by atoms with E-state index >= 15 is 0 Å². The molecule has 1 saturated heterocycles. The van der Waals surface area contributed by atoms with E-state index in [0.29, 0.717) is 0 Å². The Labute approximate surface area is 79.8 Å². The van der Waals surface area contributed by atoms with Crippen LogP contribution in [0.5, 0.6) is 0 Å². The lowest BCUT2D eigenvalue weighted by Crippen LogP contribution is -2.54. The first-order valence-electron chi connectivity index (χ1n) is 4.30. The van der Waals surface area contributed by atoms with Crippen molar-refractivity contribution in [1.29, 1.82) is 0 Å². The van der Waals surface area contributed by atoms with Crippen LogP contribution >= 0.6 is 0 Å². The molecule has 6 heteroatoms. The predicted molar refractivity (Wildman–Crippen MR) is 42.6 cm³/mol. The molecular weight excluding hydrogens is 199 g/mol. The number of ether oxygens (including phenoxy) is 1. The zero-order valence-corrected chi connectivity index (χ0v) is 7.97. The summed E-state index contributed by atoms with van der Waals surface area (Å²) >= 11 is 0. The van der Waals surface area contributed by atoms with Gasteiger partial charge in [-0.3, -0.25) is 4.79 Å². The fraction of sp³-hybridized carbons (Fsp3) is 0.875. The number of carbonyl (C=O) groups excluding carboxylic acids is 1. The highest BCUT2D eigenvalue weighted by atomic mass is 19.4. The first kappa shape index (κ1) is 11.3. The van der Waals surface area contributed by atoms with Crippen LogP contribution in [-0.4, -0.2) is 42.3 Å². The SMILES string of the molecule is CC(C)N1CC(C(F)(F)F)OCC1=O. The Morgan fingerprint density at radius 3 is 2.50 bits per heavy atom. The fourth-order valence-corrected chi connectivity index (χ4v) is 1.28. The summed E-state index contributed by atoms with van der Waals surface area (Å²) in [5.41, 5.74) is 0. The molecule has 1 aliphatic rings. The number of hydrogen-bond donors (Lipinski definition) is 0. The van der Waals surface area contributed by atoms with Gasteiger partial charge in [-0.2, -0.15) is 13.2 Å². The molecule has 0 spiro atoms. The Morgan fingerprint density at radius 2 is 2.07 bits per heavy atom. The molecule has 0 N–H and O–H groups in total. The molecule has 0 aromatic heterocycles. The van der Waals surface area contributed by atoms with E-state index in [1.54, 1.807) is 13.8 Å². The molecule has 1 aliphatic heterocycles. The van der Waals surface area contributed by atoms with E-state index in [9.17, 15) is 18.0 Å². The smallest absolute Gasteiger partial charge is 0.357 e. The van der Waals surface area contributed by atoms with Crippen LogP contribution in [0.25, 0.3) is 0 Å². The first-order valence-corrected chi connectivity index (χ1v) is 4.30. The molecule has 0 radical (unpaired) electrons. The van der Waals surface area contributed by atoms with Crippen LogP contribution in [0.4, 0.5) is 13.2 Å². The number of morpholine rings is 1. The maximum absolute atomic E-state index is 12.2. The van der Waals surface area contributed by atoms with Gasteiger partial charge in [-0.1, -0.05) is 0 Å². The lowest BCUT2D eigenvalue weighted by atomic mass is 10.2. The van der Waals surface area contributed by atoms with Crippen molar-refractivity contribution in [2.75, 3.05) is 13.2 Å². The summed E-state index contributed by atoms with van der Waals surface area (Å²) in [5, 5.41) is 0. The Morgan fingerprint density at radius 1 is 1.50 bits per heavy atom. The predicted octanol–water partition coefficient (Wildman–Crippen LogP) is 1.18. The number of alkyl halides is 3. The highest BCUT2D eigenvalue weighted by Gasteiger charge is 2.45. The van der Waals surface area contributed by atoms with Crippen molar-refractivity contribution < 1.29 is 22.7 Å². The van der Waals surface area contributed by atoms with Crippen molar-refractivity contribution in [3.63, 3.8) is 0 Å². The largest absolute Gasteiger partial charge is 0.416 e. The zero-order valence-electron chi connectivity index (χ0n) is 7.97. The van der Waals surface area contributed by atoms with Crippen LogP contribution in [0.3, 0.4) is 0 Å². The lowest BCUT2D eigenvalue weighted by Gasteiger charge is -2.35. The van der Waals surface area contributed by atoms with Gasteiger partial charge in [-0.05, 0) is 13.8 Å². The van der Waals surface area contributed by atoms with Crippen molar-refractivity contribution in [1.82, 2.24) is 4.90 Å². The van der Waals surface area contributed by atoms with E-state index in [2.05, 4.69) is 4.74 Å². The summed E-state index contributed by atoms with van der Waals surface area (Å²) in [7, 11) is 0. The molecule has 0 aliphatic carbocycles. The molecule has 1 fully saturated rings. The third-order valence-corrected chi connectivity index (χ3v) is 2.08. The lowest BCUT2D eigenvalue weighted by molar-refractivity contribution is -0.236. The van der Waals surface area contributed by atoms with Crippen molar-refractivity contribution in [3.05, 3.63) is 0 Å². The molecular formula is C8H12F3NO2. The van der Waals surface area contributed by atoms with Gasteiger partial charge in [0.25, 0.3) is 0 Å². The fourth-order valence-electron chi connectivity index (χ4n) is 1.28. The summed E-state index contributed by atoms with van der Waals surface area (Å²) in [6.07, 6.45) is -6.24. The Balaban J connectivity index is 2.67. The van der Waals surface area contributed by atoms with Gasteiger partial charge in [0.1, 0.15) is 6.61 Å². The van der Waals surface area contributed by atoms with Gasteiger partial charge in [-0.15, -0.1) is 0 Å². The molecule has 1 rings (SSSR count). The van der Waals surface area contributed by atoms with Gasteiger partial charge < -0.3 is 9.64 Å². The number of nitrogens with zero attached hydrogens (tertiary/aromatic N) is 1. The average molecular weight is 211 g/mol. The van der Waals surface area contributed by atoms with Crippen molar-refractivity contribution >= 4 is 5.91 Å². The molecule has 0 aromatic rings. The topological polar surface area (TPSA) is 29.5 Å². The zero-order chi connectivity index (χ0) is 10.9. The maximum Gasteiger partial charge on any atom is 0.416 e. The first-order chi connectivity index (χ1) is 6.32. The van der Waals surface area contributed by atoms with Crippen LogP contribution in [0.1, 0.15) is 13.8 Å². The minimum absolute atomic E-state index is 0.226. The second-order valence-corrected chi connectivity index (χ2v) is 3.48. The van der Waals surface area contributed by atoms with Crippen molar-refractivity contribution in [3.8, 4) is 0 Å².